The van der Waals surface area contributed by atoms with Gasteiger partial charge in [-0.2, -0.15) is 0 Å². The zero-order valence-corrected chi connectivity index (χ0v) is 6.82. The van der Waals surface area contributed by atoms with Gasteiger partial charge in [-0.3, -0.25) is 0 Å². The third-order valence-electron chi connectivity index (χ3n) is 1.44. The highest BCUT2D eigenvalue weighted by Crippen LogP contribution is 2.25. The molecule has 0 aliphatic rings. The molecule has 0 bridgehead atoms. The Morgan fingerprint density at radius 3 is 2.25 bits per heavy atom. The van der Waals surface area contributed by atoms with Crippen LogP contribution in [0.15, 0.2) is 30.3 Å². The zero-order valence-electron chi connectivity index (χ0n) is 6.07. The molecular formula is C8H7ClO3. The summed E-state index contributed by atoms with van der Waals surface area (Å²) in [5.41, 5.74) is 0.152. The highest BCUT2D eigenvalue weighted by Gasteiger charge is 2.35. The average Bonchev–Trinajstić information content (AvgIpc) is 2.06. The van der Waals surface area contributed by atoms with Crippen LogP contribution in [0.4, 0.5) is 0 Å². The number of hydrogen-bond donors (Lipinski definition) is 2. The molecule has 0 amide bonds. The number of halogens is 1. The number of carbonyl (C=O) groups is 1. The van der Waals surface area contributed by atoms with Gasteiger partial charge in [0.2, 0.25) is 0 Å². The molecule has 0 heterocycles. The molecule has 12 heavy (non-hydrogen) atoms. The van der Waals surface area contributed by atoms with Crippen molar-refractivity contribution in [3.05, 3.63) is 35.9 Å². The number of aliphatic hydroxyl groups is 1. The second kappa shape index (κ2) is 3.13. The lowest BCUT2D eigenvalue weighted by Crippen LogP contribution is -2.28. The van der Waals surface area contributed by atoms with Crippen LogP contribution in [0.2, 0.25) is 0 Å². The molecule has 1 rings (SSSR count). The van der Waals surface area contributed by atoms with Gasteiger partial charge >= 0.3 is 5.97 Å². The van der Waals surface area contributed by atoms with Crippen molar-refractivity contribution in [3.8, 4) is 0 Å². The van der Waals surface area contributed by atoms with Crippen molar-refractivity contribution in [2.75, 3.05) is 0 Å². The molecule has 4 heteroatoms. The maximum absolute atomic E-state index is 10.4. The minimum Gasteiger partial charge on any atom is -0.478 e. The molecule has 0 aromatic heterocycles. The first-order valence-corrected chi connectivity index (χ1v) is 3.63. The first-order chi connectivity index (χ1) is 5.55. The van der Waals surface area contributed by atoms with Gasteiger partial charge in [-0.1, -0.05) is 41.9 Å². The summed E-state index contributed by atoms with van der Waals surface area (Å²) in [5.74, 6) is -1.48. The predicted molar refractivity (Wildman–Crippen MR) is 43.8 cm³/mol. The summed E-state index contributed by atoms with van der Waals surface area (Å²) in [5, 5.41) is 15.4. The van der Waals surface area contributed by atoms with Gasteiger partial charge in [0.05, 0.1) is 0 Å². The van der Waals surface area contributed by atoms with Gasteiger partial charge in [0, 0.05) is 5.56 Å². The lowest BCUT2D eigenvalue weighted by Gasteiger charge is -2.14. The number of alkyl halides is 1. The predicted octanol–water partition coefficient (Wildman–Crippen LogP) is 1.16. The van der Waals surface area contributed by atoms with Crippen molar-refractivity contribution in [2.45, 2.75) is 5.06 Å². The molecule has 1 unspecified atom stereocenters. The molecule has 1 aromatic carbocycles. The molecule has 0 spiro atoms. The molecule has 0 aliphatic heterocycles. The van der Waals surface area contributed by atoms with E-state index in [-0.39, 0.29) is 5.56 Å². The number of hydrogen-bond acceptors (Lipinski definition) is 2. The van der Waals surface area contributed by atoms with Gasteiger partial charge < -0.3 is 10.2 Å². The number of rotatable bonds is 2. The Balaban J connectivity index is 3.06. The van der Waals surface area contributed by atoms with E-state index in [0.29, 0.717) is 0 Å². The first kappa shape index (κ1) is 9.03. The second-order valence-electron chi connectivity index (χ2n) is 2.29. The van der Waals surface area contributed by atoms with Gasteiger partial charge in [0.1, 0.15) is 0 Å². The zero-order chi connectivity index (χ0) is 9.19. The summed E-state index contributed by atoms with van der Waals surface area (Å²) in [6.07, 6.45) is 0. The summed E-state index contributed by atoms with van der Waals surface area (Å²) < 4.78 is 0. The Kier molecular flexibility index (Phi) is 2.35. The fourth-order valence-corrected chi connectivity index (χ4v) is 0.908. The highest BCUT2D eigenvalue weighted by molar-refractivity contribution is 6.32. The van der Waals surface area contributed by atoms with Crippen LogP contribution < -0.4 is 0 Å². The van der Waals surface area contributed by atoms with Gasteiger partial charge in [-0.15, -0.1) is 0 Å². The Labute approximate surface area is 74.2 Å². The summed E-state index contributed by atoms with van der Waals surface area (Å²) in [4.78, 5) is 10.4. The fourth-order valence-electron chi connectivity index (χ4n) is 0.782. The Bertz CT molecular complexity index is 282. The highest BCUT2D eigenvalue weighted by atomic mass is 35.5. The molecule has 1 aromatic rings. The Morgan fingerprint density at radius 2 is 1.83 bits per heavy atom. The van der Waals surface area contributed by atoms with Crippen LogP contribution in [0.1, 0.15) is 5.56 Å². The molecule has 2 N–H and O–H groups in total. The normalized spacial score (nSPS) is 15.2. The van der Waals surface area contributed by atoms with Crippen LogP contribution in [0, 0.1) is 0 Å². The average molecular weight is 187 g/mol. The van der Waals surface area contributed by atoms with Crippen LogP contribution in [0.3, 0.4) is 0 Å². The van der Waals surface area contributed by atoms with E-state index >= 15 is 0 Å². The molecular weight excluding hydrogens is 180 g/mol. The van der Waals surface area contributed by atoms with E-state index in [1.54, 1.807) is 18.2 Å². The Hall–Kier alpha value is -1.06. The lowest BCUT2D eigenvalue weighted by molar-refractivity contribution is -0.150. The van der Waals surface area contributed by atoms with Crippen LogP contribution >= 0.6 is 11.6 Å². The van der Waals surface area contributed by atoms with Gasteiger partial charge in [0.15, 0.2) is 0 Å². The molecule has 64 valence electrons. The number of aliphatic carboxylic acids is 1. The molecule has 0 aliphatic carbocycles. The smallest absolute Gasteiger partial charge is 0.356 e. The first-order valence-electron chi connectivity index (χ1n) is 3.25. The number of carboxylic acids is 1. The number of carboxylic acid groups (broad SMARTS) is 1. The standard InChI is InChI=1S/C8H7ClO3/c9-8(12,7(10)11)6-4-2-1-3-5-6/h1-5,12H,(H,10,11). The van der Waals surface area contributed by atoms with Crippen LogP contribution in [-0.4, -0.2) is 16.2 Å². The molecule has 0 saturated carbocycles. The molecule has 0 saturated heterocycles. The van der Waals surface area contributed by atoms with Gasteiger partial charge in [-0.25, -0.2) is 4.79 Å². The van der Waals surface area contributed by atoms with Crippen LogP contribution in [0.25, 0.3) is 0 Å². The minimum absolute atomic E-state index is 0.152. The van der Waals surface area contributed by atoms with Crippen molar-refractivity contribution >= 4 is 17.6 Å². The van der Waals surface area contributed by atoms with E-state index in [4.69, 9.17) is 16.7 Å². The quantitative estimate of drug-likeness (QED) is 0.682. The van der Waals surface area contributed by atoms with Crippen LogP contribution in [0.5, 0.6) is 0 Å². The van der Waals surface area contributed by atoms with Crippen molar-refractivity contribution in [2.24, 2.45) is 0 Å². The van der Waals surface area contributed by atoms with Crippen LogP contribution in [-0.2, 0) is 9.85 Å². The summed E-state index contributed by atoms with van der Waals surface area (Å²) in [6, 6.07) is 7.80. The van der Waals surface area contributed by atoms with Gasteiger partial charge in [0.25, 0.3) is 5.06 Å². The van der Waals surface area contributed by atoms with E-state index in [2.05, 4.69) is 0 Å². The Morgan fingerprint density at radius 1 is 1.33 bits per heavy atom. The molecule has 0 radical (unpaired) electrons. The monoisotopic (exact) mass is 186 g/mol. The summed E-state index contributed by atoms with van der Waals surface area (Å²) >= 11 is 5.35. The van der Waals surface area contributed by atoms with E-state index in [9.17, 15) is 9.90 Å². The topological polar surface area (TPSA) is 57.5 Å². The van der Waals surface area contributed by atoms with Crippen molar-refractivity contribution in [1.29, 1.82) is 0 Å². The minimum atomic E-state index is -2.32. The SMILES string of the molecule is O=C(O)C(O)(Cl)c1ccccc1. The third-order valence-corrected chi connectivity index (χ3v) is 1.82. The van der Waals surface area contributed by atoms with Crippen molar-refractivity contribution in [3.63, 3.8) is 0 Å². The maximum Gasteiger partial charge on any atom is 0.356 e. The molecule has 0 fully saturated rings. The van der Waals surface area contributed by atoms with E-state index in [1.165, 1.54) is 12.1 Å². The molecule has 1 atom stereocenters. The second-order valence-corrected chi connectivity index (χ2v) is 2.84. The third kappa shape index (κ3) is 1.57. The summed E-state index contributed by atoms with van der Waals surface area (Å²) in [6.45, 7) is 0. The number of benzene rings is 1. The summed E-state index contributed by atoms with van der Waals surface area (Å²) in [7, 11) is 0. The lowest BCUT2D eigenvalue weighted by atomic mass is 10.1. The van der Waals surface area contributed by atoms with E-state index in [1.807, 2.05) is 0 Å². The molecule has 3 nitrogen and oxygen atoms in total. The maximum atomic E-state index is 10.4. The van der Waals surface area contributed by atoms with Gasteiger partial charge in [-0.05, 0) is 0 Å². The van der Waals surface area contributed by atoms with Crippen molar-refractivity contribution in [1.82, 2.24) is 0 Å². The fraction of sp³-hybridized carbons (Fsp3) is 0.125. The van der Waals surface area contributed by atoms with Crippen molar-refractivity contribution < 1.29 is 15.0 Å². The van der Waals surface area contributed by atoms with E-state index in [0.717, 1.165) is 0 Å². The largest absolute Gasteiger partial charge is 0.478 e. The van der Waals surface area contributed by atoms with E-state index < -0.39 is 11.0 Å².